The highest BCUT2D eigenvalue weighted by Gasteiger charge is 2.15. The number of anilines is 1. The lowest BCUT2D eigenvalue weighted by Gasteiger charge is -2.15. The van der Waals surface area contributed by atoms with Gasteiger partial charge < -0.3 is 15.3 Å². The Hall–Kier alpha value is -2.42. The number of nitrogens with zero attached hydrogens (tertiary/aromatic N) is 1. The zero-order valence-corrected chi connectivity index (χ0v) is 13.1. The van der Waals surface area contributed by atoms with Gasteiger partial charge in [0.05, 0.1) is 17.0 Å². The molecule has 0 saturated heterocycles. The maximum absolute atomic E-state index is 11.8. The van der Waals surface area contributed by atoms with Gasteiger partial charge in [0.2, 0.25) is 11.8 Å². The number of carbonyl (C=O) groups excluding carboxylic acids is 2. The van der Waals surface area contributed by atoms with E-state index in [0.29, 0.717) is 0 Å². The number of likely N-dealkylation sites (N-methyl/N-ethyl adjacent to an activating group) is 1. The number of carboxylic acids is 1. The summed E-state index contributed by atoms with van der Waals surface area (Å²) in [4.78, 5) is 34.8. The van der Waals surface area contributed by atoms with E-state index in [0.717, 1.165) is 29.4 Å². The van der Waals surface area contributed by atoms with E-state index >= 15 is 0 Å². The summed E-state index contributed by atoms with van der Waals surface area (Å²) in [6.07, 6.45) is 0.934. The van der Waals surface area contributed by atoms with Gasteiger partial charge in [0.15, 0.2) is 9.84 Å². The van der Waals surface area contributed by atoms with Crippen LogP contribution in [0.3, 0.4) is 0 Å². The molecule has 0 unspecified atom stereocenters. The Morgan fingerprint density at radius 3 is 2.27 bits per heavy atom. The number of hydrogen-bond donors (Lipinski definition) is 2. The first kappa shape index (κ1) is 17.6. The number of amides is 2. The predicted molar refractivity (Wildman–Crippen MR) is 78.5 cm³/mol. The molecule has 0 aliphatic heterocycles. The number of nitrogens with one attached hydrogen (secondary N) is 1. The number of carboxylic acid groups (broad SMARTS) is 1. The molecule has 1 aromatic carbocycles. The Morgan fingerprint density at radius 1 is 1.23 bits per heavy atom. The van der Waals surface area contributed by atoms with Crippen molar-refractivity contribution in [3.63, 3.8) is 0 Å². The molecule has 0 saturated carbocycles. The van der Waals surface area contributed by atoms with Crippen LogP contribution >= 0.6 is 0 Å². The second-order valence-electron chi connectivity index (χ2n) is 4.75. The van der Waals surface area contributed by atoms with E-state index in [1.807, 2.05) is 0 Å². The lowest BCUT2D eigenvalue weighted by Crippen LogP contribution is -2.33. The van der Waals surface area contributed by atoms with E-state index in [4.69, 9.17) is 5.11 Å². The van der Waals surface area contributed by atoms with Gasteiger partial charge in [0.25, 0.3) is 0 Å². The fourth-order valence-electron chi connectivity index (χ4n) is 1.54. The van der Waals surface area contributed by atoms with Crippen LogP contribution in [0.15, 0.2) is 23.1 Å². The number of aromatic carboxylic acids is 1. The van der Waals surface area contributed by atoms with Crippen LogP contribution in [0.4, 0.5) is 5.69 Å². The molecule has 1 rings (SSSR count). The molecule has 1 aromatic rings. The van der Waals surface area contributed by atoms with Crippen molar-refractivity contribution in [1.82, 2.24) is 4.90 Å². The summed E-state index contributed by atoms with van der Waals surface area (Å²) in [6.45, 7) is 1.06. The highest BCUT2D eigenvalue weighted by molar-refractivity contribution is 7.90. The molecule has 120 valence electrons. The van der Waals surface area contributed by atoms with Crippen molar-refractivity contribution in [2.24, 2.45) is 0 Å². The first-order valence-electron chi connectivity index (χ1n) is 6.10. The lowest BCUT2D eigenvalue weighted by atomic mass is 10.2. The first-order chi connectivity index (χ1) is 10.0. The molecule has 2 amide bonds. The summed E-state index contributed by atoms with van der Waals surface area (Å²) in [5.41, 5.74) is -0.236. The molecule has 0 radical (unpaired) electrons. The van der Waals surface area contributed by atoms with Crippen molar-refractivity contribution in [3.8, 4) is 0 Å². The number of hydrogen-bond acceptors (Lipinski definition) is 5. The van der Waals surface area contributed by atoms with Crippen LogP contribution in [0.2, 0.25) is 0 Å². The van der Waals surface area contributed by atoms with Gasteiger partial charge >= 0.3 is 5.97 Å². The second-order valence-corrected chi connectivity index (χ2v) is 6.76. The number of carbonyl (C=O) groups is 3. The third-order valence-electron chi connectivity index (χ3n) is 2.78. The van der Waals surface area contributed by atoms with Gasteiger partial charge in [0, 0.05) is 25.9 Å². The quantitative estimate of drug-likeness (QED) is 0.797. The topological polar surface area (TPSA) is 121 Å². The van der Waals surface area contributed by atoms with E-state index < -0.39 is 21.7 Å². The standard InChI is InChI=1S/C13H16N2O6S/c1-8(16)15(2)7-12(17)14-10-4-9(13(18)19)5-11(6-10)22(3,20)21/h4-6H,7H2,1-3H3,(H,14,17)(H,18,19). The van der Waals surface area contributed by atoms with Crippen LogP contribution in [0, 0.1) is 0 Å². The van der Waals surface area contributed by atoms with Crippen molar-refractivity contribution >= 4 is 33.3 Å². The summed E-state index contributed by atoms with van der Waals surface area (Å²) in [5, 5.41) is 11.4. The maximum Gasteiger partial charge on any atom is 0.335 e. The molecule has 0 bridgehead atoms. The summed E-state index contributed by atoms with van der Waals surface area (Å²) >= 11 is 0. The van der Waals surface area contributed by atoms with E-state index in [-0.39, 0.29) is 28.6 Å². The highest BCUT2D eigenvalue weighted by atomic mass is 32.2. The molecule has 9 heteroatoms. The highest BCUT2D eigenvalue weighted by Crippen LogP contribution is 2.19. The molecular formula is C13H16N2O6S. The molecule has 0 aliphatic carbocycles. The maximum atomic E-state index is 11.8. The molecular weight excluding hydrogens is 312 g/mol. The van der Waals surface area contributed by atoms with Crippen LogP contribution < -0.4 is 5.32 Å². The molecule has 0 aromatic heterocycles. The third kappa shape index (κ3) is 4.85. The Kier molecular flexibility index (Phi) is 5.26. The number of rotatable bonds is 5. The Balaban J connectivity index is 3.09. The van der Waals surface area contributed by atoms with Gasteiger partial charge in [0.1, 0.15) is 0 Å². The van der Waals surface area contributed by atoms with E-state index in [1.54, 1.807) is 0 Å². The summed E-state index contributed by atoms with van der Waals surface area (Å²) in [5.74, 6) is -2.20. The SMILES string of the molecule is CC(=O)N(C)CC(=O)Nc1cc(C(=O)O)cc(S(C)(=O)=O)c1. The average Bonchev–Trinajstić information content (AvgIpc) is 2.36. The van der Waals surface area contributed by atoms with Crippen molar-refractivity contribution in [1.29, 1.82) is 0 Å². The third-order valence-corrected chi connectivity index (χ3v) is 3.88. The van der Waals surface area contributed by atoms with Crippen LogP contribution in [0.5, 0.6) is 0 Å². The van der Waals surface area contributed by atoms with Gasteiger partial charge in [-0.1, -0.05) is 0 Å². The van der Waals surface area contributed by atoms with Gasteiger partial charge in [-0.05, 0) is 18.2 Å². The normalized spacial score (nSPS) is 10.9. The monoisotopic (exact) mass is 328 g/mol. The Bertz CT molecular complexity index is 726. The average molecular weight is 328 g/mol. The molecule has 8 nitrogen and oxygen atoms in total. The molecule has 0 aliphatic rings. The Labute approximate surface area is 127 Å². The lowest BCUT2D eigenvalue weighted by molar-refractivity contribution is -0.131. The minimum Gasteiger partial charge on any atom is -0.478 e. The van der Waals surface area contributed by atoms with E-state index in [2.05, 4.69) is 5.32 Å². The van der Waals surface area contributed by atoms with E-state index in [1.165, 1.54) is 14.0 Å². The van der Waals surface area contributed by atoms with Crippen LogP contribution in [-0.4, -0.2) is 56.1 Å². The predicted octanol–water partition coefficient (Wildman–Crippen LogP) is 0.205. The molecule has 22 heavy (non-hydrogen) atoms. The van der Waals surface area contributed by atoms with Crippen molar-refractivity contribution < 1.29 is 27.9 Å². The number of sulfone groups is 1. The minimum absolute atomic E-state index is 0.0299. The molecule has 0 spiro atoms. The summed E-state index contributed by atoms with van der Waals surface area (Å²) in [7, 11) is -2.20. The molecule has 0 atom stereocenters. The zero-order chi connectivity index (χ0) is 17.1. The fraction of sp³-hybridized carbons (Fsp3) is 0.308. The van der Waals surface area contributed by atoms with Crippen LogP contribution in [0.25, 0.3) is 0 Å². The van der Waals surface area contributed by atoms with Crippen molar-refractivity contribution in [2.45, 2.75) is 11.8 Å². The Morgan fingerprint density at radius 2 is 1.82 bits per heavy atom. The van der Waals surface area contributed by atoms with E-state index in [9.17, 15) is 22.8 Å². The van der Waals surface area contributed by atoms with Gasteiger partial charge in [-0.2, -0.15) is 0 Å². The molecule has 0 heterocycles. The summed E-state index contributed by atoms with van der Waals surface area (Å²) in [6, 6.07) is 3.31. The smallest absolute Gasteiger partial charge is 0.335 e. The fourth-order valence-corrected chi connectivity index (χ4v) is 2.22. The van der Waals surface area contributed by atoms with Gasteiger partial charge in [-0.25, -0.2) is 13.2 Å². The van der Waals surface area contributed by atoms with Crippen molar-refractivity contribution in [2.75, 3.05) is 25.2 Å². The van der Waals surface area contributed by atoms with Crippen molar-refractivity contribution in [3.05, 3.63) is 23.8 Å². The largest absolute Gasteiger partial charge is 0.478 e. The van der Waals surface area contributed by atoms with Gasteiger partial charge in [-0.15, -0.1) is 0 Å². The molecule has 0 fully saturated rings. The molecule has 2 N–H and O–H groups in total. The van der Waals surface area contributed by atoms with Gasteiger partial charge in [-0.3, -0.25) is 9.59 Å². The zero-order valence-electron chi connectivity index (χ0n) is 12.3. The van der Waals surface area contributed by atoms with Crippen LogP contribution in [0.1, 0.15) is 17.3 Å². The second kappa shape index (κ2) is 6.56. The summed E-state index contributed by atoms with van der Waals surface area (Å²) < 4.78 is 23.1. The minimum atomic E-state index is -3.63. The first-order valence-corrected chi connectivity index (χ1v) is 8.00. The number of benzene rings is 1. The van der Waals surface area contributed by atoms with Crippen LogP contribution in [-0.2, 0) is 19.4 Å².